The molecule has 0 radical (unpaired) electrons. The standard InChI is InChI=1S/C8H11NO2/c1-2-7-6-4-3-5-9(6)8(10)11-7/h2,6-7H,1,3-5H2/t6-,7+/m0/s1. The average Bonchev–Trinajstić information content (AvgIpc) is 2.54. The van der Waals surface area contributed by atoms with Crippen molar-refractivity contribution >= 4 is 6.09 Å². The third kappa shape index (κ3) is 0.836. The highest BCUT2D eigenvalue weighted by Gasteiger charge is 2.42. The van der Waals surface area contributed by atoms with Gasteiger partial charge in [0.25, 0.3) is 0 Å². The molecule has 2 aliphatic heterocycles. The van der Waals surface area contributed by atoms with Gasteiger partial charge >= 0.3 is 6.09 Å². The van der Waals surface area contributed by atoms with Crippen LogP contribution in [0, 0.1) is 0 Å². The Morgan fingerprint density at radius 3 is 3.27 bits per heavy atom. The minimum absolute atomic E-state index is 0.0648. The molecule has 60 valence electrons. The number of carbonyl (C=O) groups is 1. The average molecular weight is 153 g/mol. The van der Waals surface area contributed by atoms with Gasteiger partial charge in [0.1, 0.15) is 6.10 Å². The molecule has 2 heterocycles. The lowest BCUT2D eigenvalue weighted by atomic mass is 10.1. The van der Waals surface area contributed by atoms with Gasteiger partial charge in [-0.15, -0.1) is 0 Å². The smallest absolute Gasteiger partial charge is 0.410 e. The van der Waals surface area contributed by atoms with Crippen LogP contribution in [0.5, 0.6) is 0 Å². The fraction of sp³-hybridized carbons (Fsp3) is 0.625. The molecule has 0 aromatic rings. The molecule has 2 atom stereocenters. The molecular weight excluding hydrogens is 142 g/mol. The zero-order chi connectivity index (χ0) is 7.84. The normalized spacial score (nSPS) is 35.3. The van der Waals surface area contributed by atoms with E-state index in [1.807, 2.05) is 0 Å². The minimum Gasteiger partial charge on any atom is -0.440 e. The lowest BCUT2D eigenvalue weighted by Crippen LogP contribution is -2.29. The van der Waals surface area contributed by atoms with Gasteiger partial charge in [0.15, 0.2) is 0 Å². The van der Waals surface area contributed by atoms with E-state index in [1.165, 1.54) is 0 Å². The largest absolute Gasteiger partial charge is 0.440 e. The zero-order valence-electron chi connectivity index (χ0n) is 6.32. The summed E-state index contributed by atoms with van der Waals surface area (Å²) in [6, 6.07) is 0.278. The monoisotopic (exact) mass is 153 g/mol. The summed E-state index contributed by atoms with van der Waals surface area (Å²) < 4.78 is 5.05. The van der Waals surface area contributed by atoms with Crippen molar-refractivity contribution in [3.05, 3.63) is 12.7 Å². The Labute approximate surface area is 65.6 Å². The van der Waals surface area contributed by atoms with E-state index in [4.69, 9.17) is 4.74 Å². The van der Waals surface area contributed by atoms with Crippen LogP contribution >= 0.6 is 0 Å². The summed E-state index contributed by atoms with van der Waals surface area (Å²) in [5.41, 5.74) is 0. The predicted molar refractivity (Wildman–Crippen MR) is 40.2 cm³/mol. The summed E-state index contributed by atoms with van der Waals surface area (Å²) in [5, 5.41) is 0. The van der Waals surface area contributed by atoms with Gasteiger partial charge in [-0.05, 0) is 18.9 Å². The van der Waals surface area contributed by atoms with Crippen molar-refractivity contribution in [2.75, 3.05) is 6.54 Å². The van der Waals surface area contributed by atoms with Gasteiger partial charge < -0.3 is 9.64 Å². The summed E-state index contributed by atoms with van der Waals surface area (Å²) in [5.74, 6) is 0. The zero-order valence-corrected chi connectivity index (χ0v) is 6.32. The first kappa shape index (κ1) is 6.70. The molecule has 3 nitrogen and oxygen atoms in total. The van der Waals surface area contributed by atoms with Crippen LogP contribution in [0.15, 0.2) is 12.7 Å². The maximum Gasteiger partial charge on any atom is 0.410 e. The second-order valence-electron chi connectivity index (χ2n) is 2.99. The van der Waals surface area contributed by atoms with E-state index in [0.29, 0.717) is 0 Å². The molecule has 0 aromatic heterocycles. The Balaban J connectivity index is 2.19. The second kappa shape index (κ2) is 2.26. The first-order valence-electron chi connectivity index (χ1n) is 3.93. The topological polar surface area (TPSA) is 29.5 Å². The maximum atomic E-state index is 11.1. The number of cyclic esters (lactones) is 1. The summed E-state index contributed by atoms with van der Waals surface area (Å²) in [6.07, 6.45) is 3.64. The van der Waals surface area contributed by atoms with Crippen LogP contribution in [0.25, 0.3) is 0 Å². The molecule has 3 heteroatoms. The Morgan fingerprint density at radius 1 is 1.73 bits per heavy atom. The van der Waals surface area contributed by atoms with Crippen LogP contribution in [-0.4, -0.2) is 29.7 Å². The van der Waals surface area contributed by atoms with Gasteiger partial charge in [0.2, 0.25) is 0 Å². The number of nitrogens with zero attached hydrogens (tertiary/aromatic N) is 1. The lowest BCUT2D eigenvalue weighted by Gasteiger charge is -2.11. The molecule has 0 bridgehead atoms. The van der Waals surface area contributed by atoms with Crippen molar-refractivity contribution in [3.63, 3.8) is 0 Å². The van der Waals surface area contributed by atoms with Gasteiger partial charge in [-0.3, -0.25) is 0 Å². The van der Waals surface area contributed by atoms with Crippen LogP contribution in [0.2, 0.25) is 0 Å². The van der Waals surface area contributed by atoms with Crippen molar-refractivity contribution in [1.29, 1.82) is 0 Å². The molecule has 1 amide bonds. The third-order valence-electron chi connectivity index (χ3n) is 2.38. The van der Waals surface area contributed by atoms with Crippen molar-refractivity contribution in [2.24, 2.45) is 0 Å². The number of carbonyl (C=O) groups excluding carboxylic acids is 1. The molecule has 0 N–H and O–H groups in total. The van der Waals surface area contributed by atoms with Crippen LogP contribution in [-0.2, 0) is 4.74 Å². The molecule has 0 aromatic carbocycles. The van der Waals surface area contributed by atoms with Crippen molar-refractivity contribution in [3.8, 4) is 0 Å². The Hall–Kier alpha value is -0.990. The summed E-state index contributed by atoms with van der Waals surface area (Å²) in [6.45, 7) is 4.49. The highest BCUT2D eigenvalue weighted by Crippen LogP contribution is 2.29. The second-order valence-corrected chi connectivity index (χ2v) is 2.99. The van der Waals surface area contributed by atoms with Gasteiger partial charge in [-0.1, -0.05) is 6.58 Å². The van der Waals surface area contributed by atoms with Crippen LogP contribution in [0.1, 0.15) is 12.8 Å². The SMILES string of the molecule is C=C[C@H]1OC(=O)N2CCC[C@@H]12. The predicted octanol–water partition coefficient (Wildman–Crippen LogP) is 1.16. The van der Waals surface area contributed by atoms with Crippen LogP contribution in [0.3, 0.4) is 0 Å². The van der Waals surface area contributed by atoms with E-state index in [0.717, 1.165) is 19.4 Å². The lowest BCUT2D eigenvalue weighted by molar-refractivity contribution is 0.143. The van der Waals surface area contributed by atoms with E-state index in [9.17, 15) is 4.79 Å². The minimum atomic E-state index is -0.169. The van der Waals surface area contributed by atoms with Crippen LogP contribution in [0.4, 0.5) is 4.79 Å². The van der Waals surface area contributed by atoms with E-state index >= 15 is 0 Å². The van der Waals surface area contributed by atoms with E-state index in [2.05, 4.69) is 6.58 Å². The maximum absolute atomic E-state index is 11.1. The van der Waals surface area contributed by atoms with Crippen molar-refractivity contribution in [1.82, 2.24) is 4.90 Å². The van der Waals surface area contributed by atoms with E-state index in [1.54, 1.807) is 11.0 Å². The number of hydrogen-bond donors (Lipinski definition) is 0. The summed E-state index contributed by atoms with van der Waals surface area (Å²) in [7, 11) is 0. The molecule has 0 aliphatic carbocycles. The third-order valence-corrected chi connectivity index (χ3v) is 2.38. The Bertz CT molecular complexity index is 202. The van der Waals surface area contributed by atoms with E-state index < -0.39 is 0 Å². The summed E-state index contributed by atoms with van der Waals surface area (Å²) >= 11 is 0. The molecule has 2 fully saturated rings. The molecule has 0 unspecified atom stereocenters. The highest BCUT2D eigenvalue weighted by atomic mass is 16.6. The fourth-order valence-corrected chi connectivity index (χ4v) is 1.83. The first-order chi connectivity index (χ1) is 5.33. The van der Waals surface area contributed by atoms with E-state index in [-0.39, 0.29) is 18.2 Å². The fourth-order valence-electron chi connectivity index (χ4n) is 1.83. The summed E-state index contributed by atoms with van der Waals surface area (Å²) in [4.78, 5) is 12.9. The molecule has 11 heavy (non-hydrogen) atoms. The number of fused-ring (bicyclic) bond motifs is 1. The molecule has 0 spiro atoms. The highest BCUT2D eigenvalue weighted by molar-refractivity contribution is 5.71. The van der Waals surface area contributed by atoms with Gasteiger partial charge in [0, 0.05) is 6.54 Å². The van der Waals surface area contributed by atoms with Gasteiger partial charge in [-0.25, -0.2) is 4.79 Å². The molecule has 2 saturated heterocycles. The Morgan fingerprint density at radius 2 is 2.55 bits per heavy atom. The van der Waals surface area contributed by atoms with Crippen molar-refractivity contribution in [2.45, 2.75) is 25.0 Å². The molecule has 0 saturated carbocycles. The first-order valence-corrected chi connectivity index (χ1v) is 3.93. The molecular formula is C8H11NO2. The number of amides is 1. The number of ether oxygens (including phenoxy) is 1. The molecule has 2 aliphatic rings. The van der Waals surface area contributed by atoms with Crippen molar-refractivity contribution < 1.29 is 9.53 Å². The quantitative estimate of drug-likeness (QED) is 0.529. The number of hydrogen-bond acceptors (Lipinski definition) is 2. The molecule has 2 rings (SSSR count). The van der Waals surface area contributed by atoms with Gasteiger partial charge in [-0.2, -0.15) is 0 Å². The van der Waals surface area contributed by atoms with Crippen LogP contribution < -0.4 is 0 Å². The number of rotatable bonds is 1. The van der Waals surface area contributed by atoms with Gasteiger partial charge in [0.05, 0.1) is 6.04 Å². The Kier molecular flexibility index (Phi) is 1.37.